The maximum atomic E-state index is 11.5. The van der Waals surface area contributed by atoms with Gasteiger partial charge in [0.2, 0.25) is 0 Å². The molecule has 0 aliphatic rings. The Hall–Kier alpha value is -2.33. The van der Waals surface area contributed by atoms with Crippen LogP contribution >= 0.6 is 15.9 Å². The van der Waals surface area contributed by atoms with Gasteiger partial charge >= 0.3 is 0 Å². The Bertz CT molecular complexity index is 840. The lowest BCUT2D eigenvalue weighted by Gasteiger charge is -2.11. The summed E-state index contributed by atoms with van der Waals surface area (Å²) in [5.74, 6) is -0.0159. The van der Waals surface area contributed by atoms with Crippen LogP contribution in [0, 0.1) is 0 Å². The van der Waals surface area contributed by atoms with Gasteiger partial charge in [-0.3, -0.25) is 4.79 Å². The Kier molecular flexibility index (Phi) is 4.11. The van der Waals surface area contributed by atoms with Gasteiger partial charge in [-0.05, 0) is 34.5 Å². The van der Waals surface area contributed by atoms with Crippen LogP contribution < -0.4 is 10.5 Å². The molecule has 3 rings (SSSR count). The number of nitrogens with two attached hydrogens (primary N) is 1. The molecule has 0 aliphatic heterocycles. The van der Waals surface area contributed by atoms with E-state index in [9.17, 15) is 4.79 Å². The Morgan fingerprint density at radius 2 is 1.82 bits per heavy atom. The summed E-state index contributed by atoms with van der Waals surface area (Å²) in [6, 6.07) is 19.4. The first-order valence-electron chi connectivity index (χ1n) is 6.84. The van der Waals surface area contributed by atoms with Crippen LogP contribution in [0.3, 0.4) is 0 Å². The van der Waals surface area contributed by atoms with Gasteiger partial charge < -0.3 is 10.5 Å². The predicted octanol–water partition coefficient (Wildman–Crippen LogP) is 4.28. The molecule has 0 saturated carbocycles. The van der Waals surface area contributed by atoms with Crippen LogP contribution in [-0.4, -0.2) is 5.91 Å². The highest BCUT2D eigenvalue weighted by molar-refractivity contribution is 9.10. The van der Waals surface area contributed by atoms with Gasteiger partial charge in [-0.2, -0.15) is 0 Å². The minimum absolute atomic E-state index is 0.370. The van der Waals surface area contributed by atoms with E-state index in [-0.39, 0.29) is 0 Å². The van der Waals surface area contributed by atoms with E-state index in [1.54, 1.807) is 12.1 Å². The molecule has 0 fully saturated rings. The number of hydrogen-bond donors (Lipinski definition) is 1. The third-order valence-corrected chi connectivity index (χ3v) is 3.96. The van der Waals surface area contributed by atoms with E-state index < -0.39 is 5.91 Å². The number of hydrogen-bond acceptors (Lipinski definition) is 2. The van der Waals surface area contributed by atoms with Gasteiger partial charge in [0.1, 0.15) is 12.4 Å². The maximum absolute atomic E-state index is 11.5. The lowest BCUT2D eigenvalue weighted by Crippen LogP contribution is -2.13. The van der Waals surface area contributed by atoms with E-state index in [4.69, 9.17) is 10.5 Å². The van der Waals surface area contributed by atoms with Crippen molar-refractivity contribution in [1.82, 2.24) is 0 Å². The van der Waals surface area contributed by atoms with Gasteiger partial charge in [-0.25, -0.2) is 0 Å². The second-order valence-electron chi connectivity index (χ2n) is 4.93. The van der Waals surface area contributed by atoms with Crippen molar-refractivity contribution in [1.29, 1.82) is 0 Å². The lowest BCUT2D eigenvalue weighted by atomic mass is 10.1. The van der Waals surface area contributed by atoms with Crippen molar-refractivity contribution < 1.29 is 9.53 Å². The van der Waals surface area contributed by atoms with Gasteiger partial charge in [-0.1, -0.05) is 58.4 Å². The number of benzene rings is 3. The summed E-state index contributed by atoms with van der Waals surface area (Å²) in [6.45, 7) is 0.378. The van der Waals surface area contributed by atoms with Crippen LogP contribution in [-0.2, 0) is 6.61 Å². The predicted molar refractivity (Wildman–Crippen MR) is 90.9 cm³/mol. The van der Waals surface area contributed by atoms with Gasteiger partial charge in [0.25, 0.3) is 5.91 Å². The standard InChI is InChI=1S/C18H14BrNO2/c19-14-8-9-17(16(10-14)18(20)21)22-11-13-6-3-5-12-4-1-2-7-15(12)13/h1-10H,11H2,(H2,20,21). The molecule has 0 aromatic heterocycles. The van der Waals surface area contributed by atoms with Crippen LogP contribution in [0.2, 0.25) is 0 Å². The van der Waals surface area contributed by atoms with Crippen LogP contribution in [0.15, 0.2) is 65.1 Å². The minimum atomic E-state index is -0.505. The molecule has 0 bridgehead atoms. The van der Waals surface area contributed by atoms with Crippen LogP contribution in [0.25, 0.3) is 10.8 Å². The highest BCUT2D eigenvalue weighted by Crippen LogP contribution is 2.25. The molecule has 0 unspecified atom stereocenters. The molecule has 3 aromatic rings. The fourth-order valence-corrected chi connectivity index (χ4v) is 2.76. The third-order valence-electron chi connectivity index (χ3n) is 3.47. The van der Waals surface area contributed by atoms with Crippen molar-refractivity contribution >= 4 is 32.6 Å². The highest BCUT2D eigenvalue weighted by atomic mass is 79.9. The molecule has 0 spiro atoms. The molecule has 0 aliphatic carbocycles. The molecule has 4 heteroatoms. The average molecular weight is 356 g/mol. The smallest absolute Gasteiger partial charge is 0.252 e. The minimum Gasteiger partial charge on any atom is -0.488 e. The highest BCUT2D eigenvalue weighted by Gasteiger charge is 2.11. The normalized spacial score (nSPS) is 10.6. The summed E-state index contributed by atoms with van der Waals surface area (Å²) in [7, 11) is 0. The van der Waals surface area contributed by atoms with Gasteiger partial charge in [0, 0.05) is 4.47 Å². The first-order chi connectivity index (χ1) is 10.6. The molecule has 3 aromatic carbocycles. The van der Waals surface area contributed by atoms with Crippen molar-refractivity contribution in [2.75, 3.05) is 0 Å². The first kappa shape index (κ1) is 14.6. The quantitative estimate of drug-likeness (QED) is 0.759. The van der Waals surface area contributed by atoms with E-state index in [1.165, 1.54) is 0 Å². The van der Waals surface area contributed by atoms with Gasteiger partial charge in [0.15, 0.2) is 0 Å². The number of carbonyl (C=O) groups excluding carboxylic acids is 1. The zero-order valence-electron chi connectivity index (χ0n) is 11.8. The Labute approximate surface area is 136 Å². The SMILES string of the molecule is NC(=O)c1cc(Br)ccc1OCc1cccc2ccccc12. The van der Waals surface area contributed by atoms with E-state index in [2.05, 4.69) is 34.1 Å². The monoisotopic (exact) mass is 355 g/mol. The molecule has 2 N–H and O–H groups in total. The number of fused-ring (bicyclic) bond motifs is 1. The molecular weight excluding hydrogens is 342 g/mol. The van der Waals surface area contributed by atoms with Crippen molar-refractivity contribution in [3.63, 3.8) is 0 Å². The number of carbonyl (C=O) groups is 1. The molecule has 3 nitrogen and oxygen atoms in total. The molecular formula is C18H14BrNO2. The number of ether oxygens (including phenoxy) is 1. The maximum Gasteiger partial charge on any atom is 0.252 e. The van der Waals surface area contributed by atoms with Crippen molar-refractivity contribution in [2.45, 2.75) is 6.61 Å². The van der Waals surface area contributed by atoms with Gasteiger partial charge in [-0.15, -0.1) is 0 Å². The van der Waals surface area contributed by atoms with Crippen LogP contribution in [0.1, 0.15) is 15.9 Å². The molecule has 0 heterocycles. The Morgan fingerprint density at radius 3 is 2.64 bits per heavy atom. The fourth-order valence-electron chi connectivity index (χ4n) is 2.39. The number of halogens is 1. The first-order valence-corrected chi connectivity index (χ1v) is 7.63. The van der Waals surface area contributed by atoms with Crippen LogP contribution in [0.5, 0.6) is 5.75 Å². The van der Waals surface area contributed by atoms with E-state index >= 15 is 0 Å². The van der Waals surface area contributed by atoms with E-state index in [0.717, 1.165) is 20.8 Å². The van der Waals surface area contributed by atoms with Crippen molar-refractivity contribution in [3.05, 3.63) is 76.3 Å². The summed E-state index contributed by atoms with van der Waals surface area (Å²) >= 11 is 3.33. The molecule has 0 atom stereocenters. The topological polar surface area (TPSA) is 52.3 Å². The molecule has 22 heavy (non-hydrogen) atoms. The largest absolute Gasteiger partial charge is 0.488 e. The van der Waals surface area contributed by atoms with E-state index in [1.807, 2.05) is 30.3 Å². The molecule has 0 radical (unpaired) electrons. The fraction of sp³-hybridized carbons (Fsp3) is 0.0556. The zero-order chi connectivity index (χ0) is 15.5. The number of amides is 1. The summed E-state index contributed by atoms with van der Waals surface area (Å²) in [5.41, 5.74) is 6.84. The van der Waals surface area contributed by atoms with Crippen molar-refractivity contribution in [2.24, 2.45) is 5.73 Å². The summed E-state index contributed by atoms with van der Waals surface area (Å²) in [4.78, 5) is 11.5. The molecule has 0 saturated heterocycles. The lowest BCUT2D eigenvalue weighted by molar-refractivity contribution is 0.0996. The summed E-state index contributed by atoms with van der Waals surface area (Å²) in [6.07, 6.45) is 0. The number of rotatable bonds is 4. The number of primary amides is 1. The van der Waals surface area contributed by atoms with Crippen molar-refractivity contribution in [3.8, 4) is 5.75 Å². The summed E-state index contributed by atoms with van der Waals surface area (Å²) < 4.78 is 6.62. The third kappa shape index (κ3) is 2.97. The van der Waals surface area contributed by atoms with Crippen LogP contribution in [0.4, 0.5) is 0 Å². The second kappa shape index (κ2) is 6.20. The molecule has 1 amide bonds. The zero-order valence-corrected chi connectivity index (χ0v) is 13.3. The average Bonchev–Trinajstić information content (AvgIpc) is 2.53. The Morgan fingerprint density at radius 1 is 1.05 bits per heavy atom. The molecule has 110 valence electrons. The van der Waals surface area contributed by atoms with Gasteiger partial charge in [0.05, 0.1) is 5.56 Å². The second-order valence-corrected chi connectivity index (χ2v) is 5.85. The Balaban J connectivity index is 1.90. The van der Waals surface area contributed by atoms with E-state index in [0.29, 0.717) is 17.9 Å². The summed E-state index contributed by atoms with van der Waals surface area (Å²) in [5, 5.41) is 2.30.